The first-order valence-corrected chi connectivity index (χ1v) is 12.7. The van der Waals surface area contributed by atoms with Crippen LogP contribution in [0.4, 0.5) is 0 Å². The van der Waals surface area contributed by atoms with Crippen LogP contribution in [0.25, 0.3) is 0 Å². The van der Waals surface area contributed by atoms with Gasteiger partial charge < -0.3 is 31.5 Å². The van der Waals surface area contributed by atoms with Gasteiger partial charge in [-0.1, -0.05) is 6.92 Å². The smallest absolute Gasteiger partial charge is 0.353 e. The van der Waals surface area contributed by atoms with E-state index in [1.807, 2.05) is 6.92 Å². The number of hydrogen-bond donors (Lipinski definition) is 5. The largest absolute Gasteiger partial charge is 0.477 e. The standard InChI is InChI=1S/C20H30N4O6S2/c1-9-16-15(10(2)25)19(28)24(16)17(20(29)30)18(9)32-12-5-11(22-6-12)8-31-4-3-14(27)23-7-13(21)26/h9-12,15-16,22,25H,3-8H2,1-2H3,(H2,21,26)(H,23,27)(H,29,30)/t9-,10?,11+,12?,15?,16?/m1/s1. The van der Waals surface area contributed by atoms with E-state index in [9.17, 15) is 29.4 Å². The van der Waals surface area contributed by atoms with Crippen LogP contribution in [0.3, 0.4) is 0 Å². The van der Waals surface area contributed by atoms with Crippen molar-refractivity contribution in [3.63, 3.8) is 0 Å². The number of carboxylic acid groups (broad SMARTS) is 1. The highest BCUT2D eigenvalue weighted by molar-refractivity contribution is 8.03. The molecule has 0 aliphatic carbocycles. The highest BCUT2D eigenvalue weighted by Crippen LogP contribution is 2.51. The number of carboxylic acids is 1. The molecule has 0 radical (unpaired) electrons. The molecule has 3 rings (SSSR count). The summed E-state index contributed by atoms with van der Waals surface area (Å²) < 4.78 is 0. The summed E-state index contributed by atoms with van der Waals surface area (Å²) in [6, 6.07) is -0.0434. The average molecular weight is 487 g/mol. The number of nitrogens with zero attached hydrogens (tertiary/aromatic N) is 1. The molecule has 0 aromatic carbocycles. The van der Waals surface area contributed by atoms with Crippen molar-refractivity contribution in [2.24, 2.45) is 17.6 Å². The third-order valence-electron chi connectivity index (χ3n) is 6.04. The van der Waals surface area contributed by atoms with Crippen LogP contribution in [0.2, 0.25) is 0 Å². The second-order valence-corrected chi connectivity index (χ2v) is 10.9. The molecule has 12 heteroatoms. The monoisotopic (exact) mass is 486 g/mol. The number of carbonyl (C=O) groups excluding carboxylic acids is 3. The van der Waals surface area contributed by atoms with Crippen LogP contribution in [0, 0.1) is 11.8 Å². The van der Waals surface area contributed by atoms with E-state index in [-0.39, 0.29) is 47.3 Å². The van der Waals surface area contributed by atoms with Crippen LogP contribution >= 0.6 is 23.5 Å². The highest BCUT2D eigenvalue weighted by atomic mass is 32.2. The predicted octanol–water partition coefficient (Wildman–Crippen LogP) is -0.671. The number of carbonyl (C=O) groups is 4. The lowest BCUT2D eigenvalue weighted by Crippen LogP contribution is -2.63. The zero-order valence-corrected chi connectivity index (χ0v) is 19.7. The summed E-state index contributed by atoms with van der Waals surface area (Å²) in [5.41, 5.74) is 5.06. The topological polar surface area (TPSA) is 162 Å². The van der Waals surface area contributed by atoms with Gasteiger partial charge in [-0.3, -0.25) is 14.4 Å². The van der Waals surface area contributed by atoms with E-state index >= 15 is 0 Å². The maximum atomic E-state index is 12.4. The molecule has 10 nitrogen and oxygen atoms in total. The molecule has 0 bridgehead atoms. The fraction of sp³-hybridized carbons (Fsp3) is 0.700. The van der Waals surface area contributed by atoms with Gasteiger partial charge in [0.2, 0.25) is 17.7 Å². The first-order valence-electron chi connectivity index (χ1n) is 10.6. The number of rotatable bonds is 11. The van der Waals surface area contributed by atoms with Crippen molar-refractivity contribution in [2.75, 3.05) is 24.6 Å². The van der Waals surface area contributed by atoms with Gasteiger partial charge in [-0.05, 0) is 13.3 Å². The van der Waals surface area contributed by atoms with Crippen molar-refractivity contribution >= 4 is 47.2 Å². The molecule has 0 spiro atoms. The zero-order valence-electron chi connectivity index (χ0n) is 18.1. The number of thioether (sulfide) groups is 2. The van der Waals surface area contributed by atoms with Gasteiger partial charge in [-0.25, -0.2) is 4.79 Å². The first-order chi connectivity index (χ1) is 15.1. The summed E-state index contributed by atoms with van der Waals surface area (Å²) in [5.74, 6) is -1.43. The molecule has 0 aromatic heterocycles. The molecule has 3 aliphatic rings. The Morgan fingerprint density at radius 2 is 2.09 bits per heavy atom. The Hall–Kier alpha value is -1.76. The van der Waals surface area contributed by atoms with Gasteiger partial charge in [-0.15, -0.1) is 11.8 Å². The van der Waals surface area contributed by atoms with E-state index in [1.165, 1.54) is 16.7 Å². The predicted molar refractivity (Wildman–Crippen MR) is 122 cm³/mol. The van der Waals surface area contributed by atoms with E-state index in [4.69, 9.17) is 5.73 Å². The normalized spacial score (nSPS) is 30.2. The highest BCUT2D eigenvalue weighted by Gasteiger charge is 2.60. The number of aliphatic hydroxyl groups is 1. The fourth-order valence-electron chi connectivity index (χ4n) is 4.52. The molecule has 178 valence electrons. The van der Waals surface area contributed by atoms with E-state index in [0.29, 0.717) is 17.1 Å². The molecule has 0 aromatic rings. The van der Waals surface area contributed by atoms with Crippen molar-refractivity contribution in [3.8, 4) is 0 Å². The number of amides is 3. The van der Waals surface area contributed by atoms with Crippen LogP contribution in [0.15, 0.2) is 10.6 Å². The molecule has 6 N–H and O–H groups in total. The van der Waals surface area contributed by atoms with Crippen LogP contribution in [-0.2, 0) is 19.2 Å². The Kier molecular flexibility index (Phi) is 8.12. The van der Waals surface area contributed by atoms with Gasteiger partial charge in [0.1, 0.15) is 5.70 Å². The minimum atomic E-state index is -1.10. The number of aliphatic carboxylic acids is 1. The molecule has 6 atom stereocenters. The average Bonchev–Trinajstić information content (AvgIpc) is 3.25. The van der Waals surface area contributed by atoms with Crippen molar-refractivity contribution in [1.82, 2.24) is 15.5 Å². The van der Waals surface area contributed by atoms with Crippen LogP contribution in [0.1, 0.15) is 26.7 Å². The van der Waals surface area contributed by atoms with Gasteiger partial charge in [0, 0.05) is 46.6 Å². The number of aliphatic hydroxyl groups excluding tert-OH is 1. The third kappa shape index (κ3) is 5.24. The lowest BCUT2D eigenvalue weighted by molar-refractivity contribution is -0.163. The van der Waals surface area contributed by atoms with Crippen molar-refractivity contribution in [3.05, 3.63) is 10.6 Å². The summed E-state index contributed by atoms with van der Waals surface area (Å²) in [7, 11) is 0. The Morgan fingerprint density at radius 1 is 1.38 bits per heavy atom. The number of primary amides is 1. The van der Waals surface area contributed by atoms with E-state index in [0.717, 1.165) is 18.7 Å². The molecule has 3 heterocycles. The van der Waals surface area contributed by atoms with E-state index < -0.39 is 23.9 Å². The summed E-state index contributed by atoms with van der Waals surface area (Å²) >= 11 is 3.17. The Balaban J connectivity index is 1.49. The lowest BCUT2D eigenvalue weighted by Gasteiger charge is -2.46. The summed E-state index contributed by atoms with van der Waals surface area (Å²) in [4.78, 5) is 48.7. The van der Waals surface area contributed by atoms with Crippen LogP contribution in [-0.4, -0.2) is 86.8 Å². The van der Waals surface area contributed by atoms with Gasteiger partial charge in [0.15, 0.2) is 0 Å². The van der Waals surface area contributed by atoms with Crippen molar-refractivity contribution in [1.29, 1.82) is 0 Å². The molecule has 0 saturated carbocycles. The quantitative estimate of drug-likeness (QED) is 0.188. The molecule has 32 heavy (non-hydrogen) atoms. The molecule has 3 aliphatic heterocycles. The second-order valence-electron chi connectivity index (χ2n) is 8.42. The SMILES string of the molecule is CC(O)C1C(=O)N2C(C(=O)O)=C(SC3CN[C@H](CSCCC(=O)NCC(N)=O)C3)[C@H](C)C12. The van der Waals surface area contributed by atoms with Crippen molar-refractivity contribution < 1.29 is 29.4 Å². The summed E-state index contributed by atoms with van der Waals surface area (Å²) in [6.45, 7) is 4.08. The summed E-state index contributed by atoms with van der Waals surface area (Å²) in [5, 5.41) is 25.8. The van der Waals surface area contributed by atoms with E-state index in [2.05, 4.69) is 10.6 Å². The molecular formula is C20H30N4O6S2. The minimum absolute atomic E-state index is 0.0641. The van der Waals surface area contributed by atoms with Crippen molar-refractivity contribution in [2.45, 2.75) is 50.1 Å². The number of nitrogens with two attached hydrogens (primary N) is 1. The maximum Gasteiger partial charge on any atom is 0.353 e. The number of β-lactam (4-membered cyclic amide) rings is 1. The van der Waals surface area contributed by atoms with Gasteiger partial charge in [0.25, 0.3) is 0 Å². The van der Waals surface area contributed by atoms with Crippen LogP contribution < -0.4 is 16.4 Å². The zero-order chi connectivity index (χ0) is 23.6. The van der Waals surface area contributed by atoms with Gasteiger partial charge >= 0.3 is 5.97 Å². The number of hydrogen-bond acceptors (Lipinski definition) is 8. The molecule has 2 saturated heterocycles. The van der Waals surface area contributed by atoms with E-state index in [1.54, 1.807) is 18.7 Å². The fourth-order valence-corrected chi connectivity index (χ4v) is 7.08. The Bertz CT molecular complexity index is 820. The van der Waals surface area contributed by atoms with Gasteiger partial charge in [-0.2, -0.15) is 11.8 Å². The Labute approximate surface area is 195 Å². The first kappa shape index (κ1) is 24.9. The third-order valence-corrected chi connectivity index (χ3v) is 8.68. The van der Waals surface area contributed by atoms with Crippen LogP contribution in [0.5, 0.6) is 0 Å². The molecule has 2 fully saturated rings. The summed E-state index contributed by atoms with van der Waals surface area (Å²) in [6.07, 6.45) is 0.357. The molecule has 4 unspecified atom stereocenters. The minimum Gasteiger partial charge on any atom is -0.477 e. The second kappa shape index (κ2) is 10.4. The maximum absolute atomic E-state index is 12.4. The van der Waals surface area contributed by atoms with Gasteiger partial charge in [0.05, 0.1) is 24.6 Å². The number of fused-ring (bicyclic) bond motifs is 1. The Morgan fingerprint density at radius 3 is 2.72 bits per heavy atom. The lowest BCUT2D eigenvalue weighted by atomic mass is 9.79. The molecular weight excluding hydrogens is 456 g/mol. The molecule has 3 amide bonds. The number of nitrogens with one attached hydrogen (secondary N) is 2.